The van der Waals surface area contributed by atoms with Gasteiger partial charge in [-0.05, 0) is 34.7 Å². The van der Waals surface area contributed by atoms with Crippen LogP contribution in [0.2, 0.25) is 0 Å². The maximum Gasteiger partial charge on any atom is 0.322 e. The zero-order chi connectivity index (χ0) is 23.7. The van der Waals surface area contributed by atoms with E-state index >= 15 is 0 Å². The fraction of sp³-hybridized carbons (Fsp3) is 0.240. The molecule has 2 fully saturated rings. The summed E-state index contributed by atoms with van der Waals surface area (Å²) in [6.07, 6.45) is 0.207. The number of aliphatic carboxylic acids is 1. The van der Waals surface area contributed by atoms with E-state index in [0.29, 0.717) is 5.75 Å². The lowest BCUT2D eigenvalue weighted by molar-refractivity contribution is -0.152. The molecule has 0 spiro atoms. The molecule has 6 nitrogen and oxygen atoms in total. The Morgan fingerprint density at radius 3 is 2.53 bits per heavy atom. The Kier molecular flexibility index (Phi) is 6.42. The number of hydrogen-bond donors (Lipinski definition) is 2. The number of fused-ring (bicyclic) bond motifs is 1. The molecule has 1 unspecified atom stereocenters. The number of carbonyl (C=O) groups excluding carboxylic acids is 2. The highest BCUT2D eigenvalue weighted by Gasteiger charge is 2.57. The summed E-state index contributed by atoms with van der Waals surface area (Å²) in [6.45, 7) is 0.112. The molecule has 2 aromatic carbocycles. The van der Waals surface area contributed by atoms with Crippen molar-refractivity contribution in [2.75, 3.05) is 12.3 Å². The van der Waals surface area contributed by atoms with Crippen LogP contribution < -0.4 is 5.32 Å². The molecule has 2 N–H and O–H groups in total. The number of thiophene rings is 1. The molecule has 0 saturated carbocycles. The van der Waals surface area contributed by atoms with Crippen LogP contribution in [0.3, 0.4) is 0 Å². The molecule has 0 radical (unpaired) electrons. The molecule has 3 atom stereocenters. The van der Waals surface area contributed by atoms with Gasteiger partial charge in [0.1, 0.15) is 16.2 Å². The lowest BCUT2D eigenvalue weighted by Gasteiger charge is -2.53. The van der Waals surface area contributed by atoms with E-state index in [1.165, 1.54) is 23.5 Å². The highest BCUT2D eigenvalue weighted by atomic mass is 32.2. The Hall–Kier alpha value is -2.75. The van der Waals surface area contributed by atoms with Gasteiger partial charge in [0, 0.05) is 22.1 Å². The van der Waals surface area contributed by atoms with Crippen molar-refractivity contribution in [2.45, 2.75) is 27.5 Å². The van der Waals surface area contributed by atoms with Gasteiger partial charge in [0.25, 0.3) is 0 Å². The Morgan fingerprint density at radius 2 is 1.85 bits per heavy atom. The molecule has 0 aliphatic carbocycles. The van der Waals surface area contributed by atoms with Crippen LogP contribution in [0.5, 0.6) is 0 Å². The molecule has 9 heteroatoms. The number of rotatable bonds is 7. The van der Waals surface area contributed by atoms with Crippen LogP contribution in [0.4, 0.5) is 0 Å². The lowest BCUT2D eigenvalue weighted by Crippen LogP contribution is -2.74. The minimum absolute atomic E-state index is 0.112. The first kappa shape index (κ1) is 23.0. The zero-order valence-corrected chi connectivity index (χ0v) is 20.5. The fourth-order valence-electron chi connectivity index (χ4n) is 4.15. The summed E-state index contributed by atoms with van der Waals surface area (Å²) in [6, 6.07) is 20.7. The van der Waals surface area contributed by atoms with Crippen molar-refractivity contribution in [2.24, 2.45) is 0 Å². The molecule has 2 aliphatic heterocycles. The molecule has 1 aromatic heterocycles. The highest BCUT2D eigenvalue weighted by Crippen LogP contribution is 2.46. The van der Waals surface area contributed by atoms with E-state index in [4.69, 9.17) is 0 Å². The van der Waals surface area contributed by atoms with Crippen molar-refractivity contribution in [3.05, 3.63) is 77.7 Å². The molecule has 174 valence electrons. The van der Waals surface area contributed by atoms with Crippen LogP contribution in [0.15, 0.2) is 77.0 Å². The average molecular weight is 511 g/mol. The molecule has 34 heavy (non-hydrogen) atoms. The van der Waals surface area contributed by atoms with Gasteiger partial charge < -0.3 is 15.3 Å². The standard InChI is InChI=1S/C25H22N2O4S3/c28-20(13-16-5-2-1-3-6-16)26-21-22(29)27-14-25(24(30)31,15-33-23(21)27)34-18-10-8-17(9-11-18)19-7-4-12-32-19/h1-12,21,23H,13-15H2,(H,26,28)(H,30,31)/t21-,23-,25?/m1/s1. The van der Waals surface area contributed by atoms with Gasteiger partial charge in [-0.2, -0.15) is 0 Å². The van der Waals surface area contributed by atoms with Gasteiger partial charge >= 0.3 is 5.97 Å². The third kappa shape index (κ3) is 4.47. The molecule has 3 heterocycles. The maximum atomic E-state index is 12.8. The molecule has 2 amide bonds. The monoisotopic (exact) mass is 510 g/mol. The minimum atomic E-state index is -1.14. The van der Waals surface area contributed by atoms with Crippen molar-refractivity contribution in [1.29, 1.82) is 0 Å². The van der Waals surface area contributed by atoms with E-state index in [2.05, 4.69) is 5.32 Å². The first-order chi connectivity index (χ1) is 16.4. The summed E-state index contributed by atoms with van der Waals surface area (Å²) in [5, 5.41) is 14.7. The van der Waals surface area contributed by atoms with Gasteiger partial charge in [-0.25, -0.2) is 0 Å². The first-order valence-corrected chi connectivity index (χ1v) is 13.5. The quantitative estimate of drug-likeness (QED) is 0.468. The third-order valence-electron chi connectivity index (χ3n) is 5.94. The smallest absolute Gasteiger partial charge is 0.322 e. The molecular weight excluding hydrogens is 488 g/mol. The average Bonchev–Trinajstić information content (AvgIpc) is 3.38. The Labute approximate surface area is 209 Å². The van der Waals surface area contributed by atoms with Gasteiger partial charge in [-0.3, -0.25) is 14.4 Å². The molecule has 2 saturated heterocycles. The van der Waals surface area contributed by atoms with Crippen molar-refractivity contribution in [3.63, 3.8) is 0 Å². The number of benzene rings is 2. The van der Waals surface area contributed by atoms with E-state index < -0.39 is 16.8 Å². The summed E-state index contributed by atoms with van der Waals surface area (Å²) in [5.74, 6) is -1.02. The number of nitrogens with one attached hydrogen (secondary N) is 1. The lowest BCUT2D eigenvalue weighted by atomic mass is 10.0. The number of β-lactam (4-membered cyclic amide) rings is 1. The molecule has 0 bridgehead atoms. The largest absolute Gasteiger partial charge is 0.480 e. The molecular formula is C25H22N2O4S3. The zero-order valence-electron chi connectivity index (χ0n) is 18.0. The van der Waals surface area contributed by atoms with Gasteiger partial charge in [0.2, 0.25) is 11.8 Å². The predicted molar refractivity (Wildman–Crippen MR) is 136 cm³/mol. The van der Waals surface area contributed by atoms with E-state index in [9.17, 15) is 19.5 Å². The number of amides is 2. The summed E-state index contributed by atoms with van der Waals surface area (Å²) in [4.78, 5) is 41.2. The van der Waals surface area contributed by atoms with Crippen LogP contribution in [-0.2, 0) is 20.8 Å². The SMILES string of the molecule is O=C(Cc1ccccc1)N[C@@H]1C(=O)N2CC(Sc3ccc(-c4cccs4)cc3)(C(=O)O)CS[C@H]12. The van der Waals surface area contributed by atoms with Gasteiger partial charge in [-0.1, -0.05) is 48.5 Å². The maximum absolute atomic E-state index is 12.8. The molecule has 3 aromatic rings. The number of thioether (sulfide) groups is 2. The van der Waals surface area contributed by atoms with E-state index in [-0.39, 0.29) is 30.2 Å². The van der Waals surface area contributed by atoms with E-state index in [0.717, 1.165) is 20.9 Å². The number of carboxylic acids is 1. The number of carbonyl (C=O) groups is 3. The second-order valence-corrected chi connectivity index (χ2v) is 11.8. The highest BCUT2D eigenvalue weighted by molar-refractivity contribution is 8.05. The van der Waals surface area contributed by atoms with Crippen LogP contribution in [0.25, 0.3) is 10.4 Å². The summed E-state index contributed by atoms with van der Waals surface area (Å²) in [5.41, 5.74) is 1.97. The van der Waals surface area contributed by atoms with Crippen LogP contribution in [-0.4, -0.2) is 56.3 Å². The van der Waals surface area contributed by atoms with Crippen LogP contribution >= 0.6 is 34.9 Å². The topological polar surface area (TPSA) is 86.7 Å². The van der Waals surface area contributed by atoms with Crippen molar-refractivity contribution in [3.8, 4) is 10.4 Å². The predicted octanol–water partition coefficient (Wildman–Crippen LogP) is 3.97. The van der Waals surface area contributed by atoms with Gasteiger partial charge in [0.05, 0.1) is 6.42 Å². The number of nitrogens with zero attached hydrogens (tertiary/aromatic N) is 1. The van der Waals surface area contributed by atoms with Gasteiger partial charge in [0.15, 0.2) is 0 Å². The Morgan fingerprint density at radius 1 is 1.09 bits per heavy atom. The first-order valence-electron chi connectivity index (χ1n) is 10.8. The van der Waals surface area contributed by atoms with Crippen molar-refractivity contribution in [1.82, 2.24) is 10.2 Å². The van der Waals surface area contributed by atoms with Crippen LogP contribution in [0.1, 0.15) is 5.56 Å². The Balaban J connectivity index is 1.24. The van der Waals surface area contributed by atoms with Crippen molar-refractivity contribution < 1.29 is 19.5 Å². The second-order valence-electron chi connectivity index (χ2n) is 8.28. The fourth-order valence-corrected chi connectivity index (χ4v) is 7.73. The van der Waals surface area contributed by atoms with Gasteiger partial charge in [-0.15, -0.1) is 34.9 Å². The van der Waals surface area contributed by atoms with Crippen LogP contribution in [0, 0.1) is 0 Å². The normalized spacial score (nSPS) is 23.6. The molecule has 2 aliphatic rings. The third-order valence-corrected chi connectivity index (χ3v) is 9.92. The summed E-state index contributed by atoms with van der Waals surface area (Å²) >= 11 is 4.36. The summed E-state index contributed by atoms with van der Waals surface area (Å²) in [7, 11) is 0. The second kappa shape index (κ2) is 9.48. The summed E-state index contributed by atoms with van der Waals surface area (Å²) < 4.78 is -1.14. The number of hydrogen-bond acceptors (Lipinski definition) is 6. The van der Waals surface area contributed by atoms with E-state index in [1.807, 2.05) is 72.1 Å². The Bertz CT molecular complexity index is 1200. The minimum Gasteiger partial charge on any atom is -0.480 e. The number of carboxylic acid groups (broad SMARTS) is 1. The molecule has 5 rings (SSSR count). The van der Waals surface area contributed by atoms with Crippen molar-refractivity contribution >= 4 is 52.6 Å². The van der Waals surface area contributed by atoms with E-state index in [1.54, 1.807) is 16.2 Å².